The first kappa shape index (κ1) is 30.3. The molecule has 3 heterocycles. The highest BCUT2D eigenvalue weighted by molar-refractivity contribution is 7.26. The van der Waals surface area contributed by atoms with Gasteiger partial charge in [0.25, 0.3) is 8.07 Å². The summed E-state index contributed by atoms with van der Waals surface area (Å²) >= 11 is 0. The van der Waals surface area contributed by atoms with E-state index in [0.717, 1.165) is 18.3 Å². The standard InChI is InChI=1S/C30H55BSi5/c1-14-27-28(31-25-17-15-18-26(31)20-16-19-25)30(35(11,12)13)36(23-21-32(2,3)4,24-22-33(5,6)7)29(27)34(8,9)10/h25-26H,14-20H2,1-13H3. The zero-order chi connectivity index (χ0) is 27.3. The van der Waals surface area contributed by atoms with E-state index in [1.807, 2.05) is 15.1 Å². The maximum Gasteiger partial charge on any atom is 0.258 e. The van der Waals surface area contributed by atoms with Crippen LogP contribution in [0.1, 0.15) is 51.9 Å². The molecule has 36 heavy (non-hydrogen) atoms. The van der Waals surface area contributed by atoms with Gasteiger partial charge >= 0.3 is 0 Å². The van der Waals surface area contributed by atoms with Crippen LogP contribution < -0.4 is 0 Å². The third-order valence-corrected chi connectivity index (χ3v) is 24.0. The molecular weight excluding hydrogens is 512 g/mol. The van der Waals surface area contributed by atoms with Gasteiger partial charge in [-0.15, -0.1) is 22.2 Å². The number of allylic oxidation sites excluding steroid dienone is 2. The van der Waals surface area contributed by atoms with Crippen molar-refractivity contribution in [1.82, 2.24) is 0 Å². The zero-order valence-electron chi connectivity index (χ0n) is 26.2. The van der Waals surface area contributed by atoms with Crippen LogP contribution in [-0.2, 0) is 0 Å². The summed E-state index contributed by atoms with van der Waals surface area (Å²) in [6.45, 7) is 33.7. The lowest BCUT2D eigenvalue weighted by atomic mass is 9.24. The van der Waals surface area contributed by atoms with Gasteiger partial charge in [0.05, 0.1) is 16.1 Å². The monoisotopic (exact) mass is 566 g/mol. The van der Waals surface area contributed by atoms with Gasteiger partial charge in [-0.05, 0) is 6.42 Å². The Kier molecular flexibility index (Phi) is 8.73. The molecule has 3 aliphatic heterocycles. The molecule has 3 rings (SSSR count). The van der Waals surface area contributed by atoms with Gasteiger partial charge in [0.15, 0.2) is 6.71 Å². The minimum Gasteiger partial charge on any atom is -0.137 e. The molecule has 0 atom stereocenters. The summed E-state index contributed by atoms with van der Waals surface area (Å²) in [6, 6.07) is 0. The Labute approximate surface area is 231 Å². The predicted molar refractivity (Wildman–Crippen MR) is 180 cm³/mol. The van der Waals surface area contributed by atoms with Crippen LogP contribution in [0.2, 0.25) is 90.2 Å². The Balaban J connectivity index is 2.54. The van der Waals surface area contributed by atoms with E-state index >= 15 is 0 Å². The van der Waals surface area contributed by atoms with Crippen LogP contribution >= 0.6 is 0 Å². The molecule has 0 aromatic heterocycles. The molecule has 0 aromatic rings. The van der Waals surface area contributed by atoms with E-state index in [2.05, 4.69) is 108 Å². The second kappa shape index (κ2) is 10.4. The molecule has 0 radical (unpaired) electrons. The van der Waals surface area contributed by atoms with Crippen molar-refractivity contribution in [2.24, 2.45) is 0 Å². The molecule has 3 aliphatic rings. The maximum absolute atomic E-state index is 4.27. The quantitative estimate of drug-likeness (QED) is 0.235. The average molecular weight is 567 g/mol. The van der Waals surface area contributed by atoms with Crippen LogP contribution in [0.3, 0.4) is 0 Å². The molecule has 0 N–H and O–H groups in total. The van der Waals surface area contributed by atoms with Crippen molar-refractivity contribution in [1.29, 1.82) is 0 Å². The number of hydrogen-bond donors (Lipinski definition) is 0. The minimum atomic E-state index is -2.43. The Hall–Kier alpha value is -0.251. The lowest BCUT2D eigenvalue weighted by molar-refractivity contribution is 0.446. The number of hydrogen-bond acceptors (Lipinski definition) is 0. The molecule has 2 fully saturated rings. The van der Waals surface area contributed by atoms with Crippen LogP contribution in [-0.4, -0.2) is 47.1 Å². The fourth-order valence-corrected chi connectivity index (χ4v) is 27.6. The minimum absolute atomic E-state index is 0.798. The molecule has 0 aliphatic carbocycles. The van der Waals surface area contributed by atoms with E-state index in [4.69, 9.17) is 0 Å². The molecule has 6 heteroatoms. The fourth-order valence-electron chi connectivity index (χ4n) is 7.55. The summed E-state index contributed by atoms with van der Waals surface area (Å²) in [5, 5.41) is 0. The smallest absolute Gasteiger partial charge is 0.137 e. The van der Waals surface area contributed by atoms with Gasteiger partial charge in [-0.1, -0.05) is 156 Å². The Morgan fingerprint density at radius 3 is 1.36 bits per heavy atom. The van der Waals surface area contributed by atoms with Crippen molar-refractivity contribution in [3.63, 3.8) is 0 Å². The van der Waals surface area contributed by atoms with E-state index in [9.17, 15) is 0 Å². The van der Waals surface area contributed by atoms with Gasteiger partial charge in [0, 0.05) is 0 Å². The molecular formula is C30H55BSi5. The van der Waals surface area contributed by atoms with Gasteiger partial charge in [0.2, 0.25) is 0 Å². The Morgan fingerprint density at radius 2 is 1.06 bits per heavy atom. The normalized spacial score (nSPS) is 24.9. The SMILES string of the molecule is CCC1=C([Si](C)(C)C)[Si](C#C[Si](C)(C)C)(C#C[Si](C)(C)C)C([Si](C)(C)C)=C1B1C2CCCC1CCC2. The molecule has 0 amide bonds. The third kappa shape index (κ3) is 6.31. The third-order valence-electron chi connectivity index (χ3n) is 8.40. The Bertz CT molecular complexity index is 994. The van der Waals surface area contributed by atoms with Gasteiger partial charge < -0.3 is 0 Å². The second-order valence-electron chi connectivity index (χ2n) is 16.2. The Morgan fingerprint density at radius 1 is 0.667 bits per heavy atom. The van der Waals surface area contributed by atoms with Gasteiger partial charge in [0.1, 0.15) is 16.1 Å². The first-order chi connectivity index (χ1) is 16.3. The van der Waals surface area contributed by atoms with E-state index in [1.54, 1.807) is 5.57 Å². The molecule has 0 aromatic carbocycles. The molecule has 198 valence electrons. The van der Waals surface area contributed by atoms with Gasteiger partial charge in [-0.3, -0.25) is 0 Å². The van der Waals surface area contributed by atoms with E-state index in [-0.39, 0.29) is 0 Å². The summed E-state index contributed by atoms with van der Waals surface area (Å²) in [5.74, 6) is 1.81. The van der Waals surface area contributed by atoms with Crippen molar-refractivity contribution in [2.75, 3.05) is 0 Å². The first-order valence-corrected chi connectivity index (χ1v) is 30.9. The molecule has 0 spiro atoms. The number of fused-ring (bicyclic) bond motifs is 2. The lowest BCUT2D eigenvalue weighted by Gasteiger charge is -2.43. The van der Waals surface area contributed by atoms with Crippen LogP contribution in [0.15, 0.2) is 20.7 Å². The molecule has 0 unspecified atom stereocenters. The molecule has 0 saturated carbocycles. The molecule has 2 bridgehead atoms. The average Bonchev–Trinajstić information content (AvgIpc) is 3.00. The number of rotatable bonds is 4. The van der Waals surface area contributed by atoms with Gasteiger partial charge in [-0.2, -0.15) is 0 Å². The summed E-state index contributed by atoms with van der Waals surface area (Å²) in [6.07, 6.45) is 9.94. The highest BCUT2D eigenvalue weighted by Gasteiger charge is 2.58. The van der Waals surface area contributed by atoms with Gasteiger partial charge in [-0.25, -0.2) is 0 Å². The van der Waals surface area contributed by atoms with E-state index < -0.39 is 40.4 Å². The van der Waals surface area contributed by atoms with Crippen molar-refractivity contribution >= 4 is 47.1 Å². The summed E-state index contributed by atoms with van der Waals surface area (Å²) in [7, 11) is -8.83. The predicted octanol–water partition coefficient (Wildman–Crippen LogP) is 9.27. The lowest BCUT2D eigenvalue weighted by Crippen LogP contribution is -2.53. The van der Waals surface area contributed by atoms with E-state index in [0.29, 0.717) is 0 Å². The topological polar surface area (TPSA) is 0 Å². The van der Waals surface area contributed by atoms with Crippen LogP contribution in [0.4, 0.5) is 0 Å². The van der Waals surface area contributed by atoms with Crippen LogP contribution in [0.25, 0.3) is 0 Å². The fraction of sp³-hybridized carbons (Fsp3) is 0.733. The summed E-state index contributed by atoms with van der Waals surface area (Å²) in [5.41, 5.74) is 20.2. The summed E-state index contributed by atoms with van der Waals surface area (Å²) < 4.78 is 0. The zero-order valence-corrected chi connectivity index (χ0v) is 31.2. The molecule has 0 nitrogen and oxygen atoms in total. The van der Waals surface area contributed by atoms with Crippen LogP contribution in [0, 0.1) is 22.2 Å². The largest absolute Gasteiger partial charge is 0.258 e. The highest BCUT2D eigenvalue weighted by Crippen LogP contribution is 2.56. The highest BCUT2D eigenvalue weighted by atomic mass is 28.4. The van der Waals surface area contributed by atoms with Crippen molar-refractivity contribution in [2.45, 2.75) is 142 Å². The van der Waals surface area contributed by atoms with Crippen molar-refractivity contribution < 1.29 is 0 Å². The molecule has 2 saturated heterocycles. The van der Waals surface area contributed by atoms with E-state index in [1.165, 1.54) is 44.9 Å². The second-order valence-corrected chi connectivity index (χ2v) is 39.7. The van der Waals surface area contributed by atoms with Crippen molar-refractivity contribution in [3.8, 4) is 22.2 Å². The first-order valence-electron chi connectivity index (χ1n) is 14.9. The van der Waals surface area contributed by atoms with Crippen LogP contribution in [0.5, 0.6) is 0 Å². The van der Waals surface area contributed by atoms with Crippen molar-refractivity contribution in [3.05, 3.63) is 20.7 Å². The summed E-state index contributed by atoms with van der Waals surface area (Å²) in [4.78, 5) is 3.77. The maximum atomic E-state index is 4.27.